The number of aliphatic carboxylic acids is 1. The van der Waals surface area contributed by atoms with E-state index in [1.807, 2.05) is 37.8 Å². The molecule has 2 fully saturated rings. The first kappa shape index (κ1) is 45.1. The molecule has 5 N–H and O–H groups in total. The molecule has 0 spiro atoms. The number of carboxylic acids is 1. The minimum atomic E-state index is -5.08. The van der Waals surface area contributed by atoms with Crippen LogP contribution in [0.15, 0.2) is 60.8 Å². The van der Waals surface area contributed by atoms with Crippen molar-refractivity contribution in [2.75, 3.05) is 42.6 Å². The molecule has 20 heteroatoms. The molecular formula is C40H47F4N9O7. The summed E-state index contributed by atoms with van der Waals surface area (Å²) in [6.45, 7) is 8.04. The van der Waals surface area contributed by atoms with Crippen LogP contribution < -0.4 is 20.9 Å². The van der Waals surface area contributed by atoms with E-state index < -0.39 is 47.5 Å². The number of aromatic amines is 1. The summed E-state index contributed by atoms with van der Waals surface area (Å²) in [6.07, 6.45) is -1.28. The van der Waals surface area contributed by atoms with Crippen LogP contribution in [-0.4, -0.2) is 105 Å². The number of halogens is 4. The van der Waals surface area contributed by atoms with Gasteiger partial charge in [-0.3, -0.25) is 9.59 Å². The Kier molecular flexibility index (Phi) is 14.9. The van der Waals surface area contributed by atoms with E-state index in [2.05, 4.69) is 30.9 Å². The molecule has 60 heavy (non-hydrogen) atoms. The minimum Gasteiger partial charge on any atom is -0.475 e. The lowest BCUT2D eigenvalue weighted by atomic mass is 9.81. The number of nitrogens with two attached hydrogens (primary N) is 1. The highest BCUT2D eigenvalue weighted by Crippen LogP contribution is 2.33. The van der Waals surface area contributed by atoms with Crippen molar-refractivity contribution >= 4 is 35.4 Å². The van der Waals surface area contributed by atoms with Gasteiger partial charge in [-0.25, -0.2) is 23.9 Å². The third-order valence-electron chi connectivity index (χ3n) is 9.76. The third-order valence-corrected chi connectivity index (χ3v) is 9.76. The van der Waals surface area contributed by atoms with Crippen molar-refractivity contribution in [3.63, 3.8) is 0 Å². The molecule has 1 atom stereocenters. The maximum Gasteiger partial charge on any atom is 0.490 e. The Labute approximate surface area is 342 Å². The van der Waals surface area contributed by atoms with Crippen LogP contribution in [0.25, 0.3) is 22.5 Å². The largest absolute Gasteiger partial charge is 0.490 e. The van der Waals surface area contributed by atoms with E-state index >= 15 is 4.39 Å². The molecule has 1 saturated carbocycles. The summed E-state index contributed by atoms with van der Waals surface area (Å²) in [7, 11) is 0. The van der Waals surface area contributed by atoms with E-state index in [-0.39, 0.29) is 18.2 Å². The third kappa shape index (κ3) is 12.3. The van der Waals surface area contributed by atoms with Gasteiger partial charge in [0.05, 0.1) is 24.9 Å². The second kappa shape index (κ2) is 19.8. The minimum absolute atomic E-state index is 0.158. The van der Waals surface area contributed by atoms with Gasteiger partial charge in [-0.2, -0.15) is 18.4 Å². The Morgan fingerprint density at radius 3 is 2.17 bits per heavy atom. The molecular weight excluding hydrogens is 794 g/mol. The van der Waals surface area contributed by atoms with Crippen LogP contribution in [0.2, 0.25) is 0 Å². The number of hydrogen-bond acceptors (Lipinski definition) is 12. The smallest absolute Gasteiger partial charge is 0.475 e. The van der Waals surface area contributed by atoms with Gasteiger partial charge in [-0.05, 0) is 105 Å². The van der Waals surface area contributed by atoms with Crippen LogP contribution in [-0.2, 0) is 30.3 Å². The Balaban J connectivity index is 0.000000896. The van der Waals surface area contributed by atoms with Crippen LogP contribution in [0.3, 0.4) is 0 Å². The van der Waals surface area contributed by atoms with Crippen LogP contribution in [0.4, 0.5) is 33.9 Å². The number of H-pyrrole nitrogens is 1. The fraction of sp³-hybridized carbons (Fsp3) is 0.450. The summed E-state index contributed by atoms with van der Waals surface area (Å²) in [5.41, 5.74) is 8.86. The molecule has 1 aliphatic carbocycles. The molecule has 2 aromatic heterocycles. The molecule has 16 nitrogen and oxygen atoms in total. The van der Waals surface area contributed by atoms with Gasteiger partial charge in [0.25, 0.3) is 5.91 Å². The molecule has 2 aromatic carbocycles. The zero-order valence-electron chi connectivity index (χ0n) is 33.2. The number of benzene rings is 2. The van der Waals surface area contributed by atoms with Crippen molar-refractivity contribution in [2.45, 2.75) is 70.7 Å². The monoisotopic (exact) mass is 841 g/mol. The van der Waals surface area contributed by atoms with Gasteiger partial charge in [-0.15, -0.1) is 10.2 Å². The number of alkyl halides is 3. The predicted molar refractivity (Wildman–Crippen MR) is 210 cm³/mol. The number of nitrogens with one attached hydrogen (secondary N) is 2. The number of nitrogens with zero attached hydrogens (tertiary/aromatic N) is 6. The number of hydrogen-bond donors (Lipinski definition) is 4. The zero-order chi connectivity index (χ0) is 43.6. The van der Waals surface area contributed by atoms with E-state index in [4.69, 9.17) is 25.1 Å². The van der Waals surface area contributed by atoms with Crippen LogP contribution in [0, 0.1) is 17.7 Å². The van der Waals surface area contributed by atoms with Crippen molar-refractivity contribution in [3.05, 3.63) is 72.2 Å². The quantitative estimate of drug-likeness (QED) is 0.149. The summed E-state index contributed by atoms with van der Waals surface area (Å²) in [6, 6.07) is 14.6. The molecule has 3 heterocycles. The molecule has 1 aliphatic heterocycles. The van der Waals surface area contributed by atoms with Crippen molar-refractivity contribution in [1.29, 1.82) is 0 Å². The van der Waals surface area contributed by atoms with Gasteiger partial charge in [0.1, 0.15) is 5.60 Å². The van der Waals surface area contributed by atoms with Gasteiger partial charge in [0.2, 0.25) is 11.7 Å². The first-order valence-electron chi connectivity index (χ1n) is 19.2. The second-order valence-electron chi connectivity index (χ2n) is 15.3. The van der Waals surface area contributed by atoms with Gasteiger partial charge in [0.15, 0.2) is 11.6 Å². The summed E-state index contributed by atoms with van der Waals surface area (Å²) in [5.74, 6) is -3.56. The summed E-state index contributed by atoms with van der Waals surface area (Å²) < 4.78 is 58.1. The van der Waals surface area contributed by atoms with Gasteiger partial charge in [0, 0.05) is 42.9 Å². The number of amides is 3. The molecule has 322 valence electrons. The topological polar surface area (TPSA) is 219 Å². The number of carbonyl (C=O) groups is 4. The molecule has 3 amide bonds. The molecule has 1 saturated heterocycles. The number of imide groups is 1. The molecule has 0 unspecified atom stereocenters. The number of carboxylic acid groups (broad SMARTS) is 1. The van der Waals surface area contributed by atoms with E-state index in [9.17, 15) is 27.6 Å². The first-order chi connectivity index (χ1) is 28.4. The molecule has 2 aliphatic rings. The average Bonchev–Trinajstić information content (AvgIpc) is 3.76. The van der Waals surface area contributed by atoms with Gasteiger partial charge < -0.3 is 30.5 Å². The number of anilines is 2. The SMILES string of the molecule is CC(C)(C)OC(=O)NC[C@H]1CC[C@H](C(=O)N(C(=O)[C@@H](N)Cc2ccc(-c3ccnc(N4CCOCC4)c3F)cc2)c2ccc(-c3nn[nH]n3)cc2)CC1.O=C(O)C(F)(F)F. The molecule has 4 aromatic rings. The second-order valence-corrected chi connectivity index (χ2v) is 15.3. The Morgan fingerprint density at radius 2 is 1.60 bits per heavy atom. The van der Waals surface area contributed by atoms with Crippen LogP contribution >= 0.6 is 0 Å². The Hall–Kier alpha value is -6.02. The highest BCUT2D eigenvalue weighted by atomic mass is 19.4. The summed E-state index contributed by atoms with van der Waals surface area (Å²) in [4.78, 5) is 56.7. The number of aromatic nitrogens is 5. The van der Waals surface area contributed by atoms with E-state index in [0.717, 1.165) is 5.56 Å². The standard InChI is InChI=1S/C38H46FN9O5.C2HF3O2/c1-38(2,3)53-37(51)42-23-25-6-10-28(11-7-25)35(49)48(29-14-12-27(13-15-29)33-43-45-46-44-33)36(50)31(40)22-24-4-8-26(9-5-24)30-16-17-41-34(32(30)39)47-18-20-52-21-19-47;3-2(4,5)1(6)7/h4-5,8-9,12-17,25,28,31H,6-7,10-11,18-23,40H2,1-3H3,(H,42,51)(H,43,44,45,46);(H,6,7)/t25-,28-,31-;/m0./s1. The number of pyridine rings is 1. The van der Waals surface area contributed by atoms with Crippen LogP contribution in [0.5, 0.6) is 0 Å². The van der Waals surface area contributed by atoms with Crippen molar-refractivity contribution in [2.24, 2.45) is 17.6 Å². The Morgan fingerprint density at radius 1 is 0.983 bits per heavy atom. The number of morpholine rings is 1. The fourth-order valence-electron chi connectivity index (χ4n) is 6.72. The van der Waals surface area contributed by atoms with Crippen molar-refractivity contribution in [3.8, 4) is 22.5 Å². The number of alkyl carbamates (subject to hydrolysis) is 1. The van der Waals surface area contributed by atoms with E-state index in [1.54, 1.807) is 48.7 Å². The highest BCUT2D eigenvalue weighted by molar-refractivity contribution is 6.17. The van der Waals surface area contributed by atoms with Crippen molar-refractivity contribution in [1.82, 2.24) is 30.9 Å². The van der Waals surface area contributed by atoms with Gasteiger partial charge >= 0.3 is 18.2 Å². The van der Waals surface area contributed by atoms with Crippen LogP contribution in [0.1, 0.15) is 52.0 Å². The lowest BCUT2D eigenvalue weighted by Gasteiger charge is -2.32. The number of carbonyl (C=O) groups excluding carboxylic acids is 3. The summed E-state index contributed by atoms with van der Waals surface area (Å²) >= 11 is 0. The summed E-state index contributed by atoms with van der Waals surface area (Å²) in [5, 5.41) is 24.0. The number of rotatable bonds is 10. The lowest BCUT2D eigenvalue weighted by Crippen LogP contribution is -2.50. The Bertz CT molecular complexity index is 2070. The molecule has 6 rings (SSSR count). The molecule has 0 radical (unpaired) electrons. The number of ether oxygens (including phenoxy) is 2. The van der Waals surface area contributed by atoms with E-state index in [1.165, 1.54) is 4.90 Å². The number of tetrazole rings is 1. The fourth-order valence-corrected chi connectivity index (χ4v) is 6.72. The zero-order valence-corrected chi connectivity index (χ0v) is 33.2. The first-order valence-corrected chi connectivity index (χ1v) is 19.2. The van der Waals surface area contributed by atoms with E-state index in [0.29, 0.717) is 92.6 Å². The normalized spacial score (nSPS) is 17.4. The average molecular weight is 842 g/mol. The maximum absolute atomic E-state index is 15.6. The highest BCUT2D eigenvalue weighted by Gasteiger charge is 2.38. The van der Waals surface area contributed by atoms with Gasteiger partial charge in [-0.1, -0.05) is 24.3 Å². The van der Waals surface area contributed by atoms with Crippen molar-refractivity contribution < 1.29 is 51.3 Å². The maximum atomic E-state index is 15.6. The molecule has 0 bridgehead atoms. The predicted octanol–water partition coefficient (Wildman–Crippen LogP) is 5.30. The lowest BCUT2D eigenvalue weighted by molar-refractivity contribution is -0.192.